The maximum Gasteiger partial charge on any atom is 0.416 e. The summed E-state index contributed by atoms with van der Waals surface area (Å²) in [6.45, 7) is 0. The number of hydrogen-bond acceptors (Lipinski definition) is 6. The molecule has 2 saturated heterocycles. The molecule has 0 spiro atoms. The van der Waals surface area contributed by atoms with E-state index in [9.17, 15) is 50.2 Å². The number of rotatable bonds is 5. The number of halogens is 8. The number of benzene rings is 5. The van der Waals surface area contributed by atoms with Gasteiger partial charge in [0, 0.05) is 16.3 Å². The van der Waals surface area contributed by atoms with Crippen LogP contribution < -0.4 is 10.3 Å². The SMILES string of the molecule is O=C1C2CC3C(=CCC4C(=O)N(c5cc(C(F)(F)F)cc(C(F)(F)F)c5)C(=O)C43)C(c3ccc(O)c4ccccc34)C2(c2ccc(Cl)cc2)C(=O)N1Nc1ccc(F)cc1. The molecule has 0 bridgehead atoms. The Morgan fingerprint density at radius 1 is 0.733 bits per heavy atom. The fraction of sp³-hybridized carbons (Fsp3) is 0.227. The Hall–Kier alpha value is -6.22. The van der Waals surface area contributed by atoms with Gasteiger partial charge in [-0.1, -0.05) is 65.7 Å². The number of fused-ring (bicyclic) bond motifs is 5. The van der Waals surface area contributed by atoms with E-state index >= 15 is 4.79 Å². The predicted molar refractivity (Wildman–Crippen MR) is 204 cm³/mol. The van der Waals surface area contributed by atoms with Crippen molar-refractivity contribution >= 4 is 57.4 Å². The van der Waals surface area contributed by atoms with Gasteiger partial charge in [-0.3, -0.25) is 24.6 Å². The van der Waals surface area contributed by atoms with Crippen LogP contribution in [0.25, 0.3) is 10.8 Å². The number of aromatic hydroxyl groups is 1. The Labute approximate surface area is 340 Å². The van der Waals surface area contributed by atoms with Gasteiger partial charge in [0.25, 0.3) is 11.8 Å². The molecule has 2 aliphatic heterocycles. The number of phenols is 1. The molecule has 4 amide bonds. The maximum atomic E-state index is 15.4. The minimum Gasteiger partial charge on any atom is -0.507 e. The molecule has 5 aromatic rings. The van der Waals surface area contributed by atoms with Crippen molar-refractivity contribution in [2.24, 2.45) is 23.7 Å². The lowest BCUT2D eigenvalue weighted by atomic mass is 9.49. The molecule has 8 nitrogen and oxygen atoms in total. The first kappa shape index (κ1) is 39.3. The van der Waals surface area contributed by atoms with E-state index in [1.165, 1.54) is 18.2 Å². The average Bonchev–Trinajstić information content (AvgIpc) is 3.59. The second kappa shape index (κ2) is 13.7. The lowest BCUT2D eigenvalue weighted by Gasteiger charge is -2.51. The molecule has 60 heavy (non-hydrogen) atoms. The van der Waals surface area contributed by atoms with E-state index in [0.29, 0.717) is 49.5 Å². The number of nitrogens with one attached hydrogen (secondary N) is 1. The van der Waals surface area contributed by atoms with Crippen molar-refractivity contribution in [3.8, 4) is 5.75 Å². The van der Waals surface area contributed by atoms with Gasteiger partial charge in [0.15, 0.2) is 0 Å². The molecule has 1 saturated carbocycles. The molecule has 6 atom stereocenters. The summed E-state index contributed by atoms with van der Waals surface area (Å²) in [4.78, 5) is 59.5. The predicted octanol–water partition coefficient (Wildman–Crippen LogP) is 9.56. The normalized spacial score (nSPS) is 25.3. The number of carbonyl (C=O) groups excluding carboxylic acids is 4. The second-order valence-corrected chi connectivity index (χ2v) is 15.8. The topological polar surface area (TPSA) is 107 Å². The number of imide groups is 2. The van der Waals surface area contributed by atoms with E-state index in [0.717, 1.165) is 17.1 Å². The molecular weight excluding hydrogens is 819 g/mol. The van der Waals surface area contributed by atoms with E-state index < -0.39 is 93.6 Å². The highest BCUT2D eigenvalue weighted by Crippen LogP contribution is 2.65. The van der Waals surface area contributed by atoms with Crippen LogP contribution in [0.3, 0.4) is 0 Å². The van der Waals surface area contributed by atoms with Crippen molar-refractivity contribution in [3.63, 3.8) is 0 Å². The van der Waals surface area contributed by atoms with Crippen molar-refractivity contribution in [2.75, 3.05) is 10.3 Å². The molecule has 3 fully saturated rings. The quantitative estimate of drug-likeness (QED) is 0.104. The first-order chi connectivity index (χ1) is 28.4. The van der Waals surface area contributed by atoms with Crippen molar-refractivity contribution in [2.45, 2.75) is 36.5 Å². The molecule has 306 valence electrons. The molecular formula is C44H29ClF7N3O5. The summed E-state index contributed by atoms with van der Waals surface area (Å²) in [5, 5.41) is 13.0. The second-order valence-electron chi connectivity index (χ2n) is 15.4. The third-order valence-electron chi connectivity index (χ3n) is 12.3. The van der Waals surface area contributed by atoms with Gasteiger partial charge in [-0.05, 0) is 95.9 Å². The van der Waals surface area contributed by atoms with Gasteiger partial charge in [0.1, 0.15) is 11.6 Å². The van der Waals surface area contributed by atoms with Crippen LogP contribution in [0.1, 0.15) is 41.0 Å². The number of carbonyl (C=O) groups is 4. The molecule has 6 unspecified atom stereocenters. The number of anilines is 2. The third kappa shape index (κ3) is 5.87. The first-order valence-corrected chi connectivity index (χ1v) is 19.0. The van der Waals surface area contributed by atoms with Crippen LogP contribution in [-0.4, -0.2) is 33.7 Å². The number of hydrazine groups is 1. The van der Waals surface area contributed by atoms with Crippen LogP contribution in [-0.2, 0) is 36.9 Å². The van der Waals surface area contributed by atoms with Crippen molar-refractivity contribution in [1.29, 1.82) is 0 Å². The summed E-state index contributed by atoms with van der Waals surface area (Å²) in [7, 11) is 0. The van der Waals surface area contributed by atoms with Crippen LogP contribution in [0.4, 0.5) is 42.1 Å². The minimum atomic E-state index is -5.26. The Morgan fingerprint density at radius 3 is 2.00 bits per heavy atom. The molecule has 16 heteroatoms. The Morgan fingerprint density at radius 2 is 1.37 bits per heavy atom. The van der Waals surface area contributed by atoms with E-state index in [-0.39, 0.29) is 30.3 Å². The molecule has 2 aliphatic carbocycles. The molecule has 5 aromatic carbocycles. The summed E-state index contributed by atoms with van der Waals surface area (Å²) in [5.74, 6) is -10.3. The van der Waals surface area contributed by atoms with Crippen molar-refractivity contribution in [1.82, 2.24) is 5.01 Å². The Kier molecular flexibility index (Phi) is 8.94. The largest absolute Gasteiger partial charge is 0.507 e. The van der Waals surface area contributed by atoms with Crippen LogP contribution in [0.5, 0.6) is 5.75 Å². The highest BCUT2D eigenvalue weighted by atomic mass is 35.5. The lowest BCUT2D eigenvalue weighted by molar-refractivity contribution is -0.143. The van der Waals surface area contributed by atoms with Crippen LogP contribution in [0.15, 0.2) is 115 Å². The monoisotopic (exact) mass is 847 g/mol. The summed E-state index contributed by atoms with van der Waals surface area (Å²) >= 11 is 6.35. The highest BCUT2D eigenvalue weighted by Gasteiger charge is 2.70. The zero-order chi connectivity index (χ0) is 42.6. The van der Waals surface area contributed by atoms with Crippen molar-refractivity contribution < 1.29 is 55.0 Å². The number of hydrogen-bond donors (Lipinski definition) is 2. The molecule has 2 N–H and O–H groups in total. The van der Waals surface area contributed by atoms with Gasteiger partial charge in [-0.2, -0.15) is 31.4 Å². The van der Waals surface area contributed by atoms with Gasteiger partial charge in [0.2, 0.25) is 11.8 Å². The van der Waals surface area contributed by atoms with Gasteiger partial charge in [-0.25, -0.2) is 9.29 Å². The Balaban J connectivity index is 1.25. The zero-order valence-corrected chi connectivity index (χ0v) is 31.4. The maximum absolute atomic E-state index is 15.4. The smallest absolute Gasteiger partial charge is 0.416 e. The average molecular weight is 848 g/mol. The molecule has 0 aromatic heterocycles. The standard InChI is InChI=1S/C44H29ClF7N3O5/c45-24-7-5-21(6-8-24)42-34(39(58)55(41(42)60)53-26-11-9-25(46)10-12-26)20-33-31(37(42)30-15-16-35(56)29-4-2-1-3-28(29)30)13-14-32-36(33)40(59)54(38(32)57)27-18-22(43(47,48)49)17-23(19-27)44(50,51)52/h1-13,15-19,32-34,36-37,53,56H,14,20H2. The molecule has 0 radical (unpaired) electrons. The van der Waals surface area contributed by atoms with Gasteiger partial charge >= 0.3 is 12.4 Å². The van der Waals surface area contributed by atoms with E-state index in [2.05, 4.69) is 5.43 Å². The zero-order valence-electron chi connectivity index (χ0n) is 30.7. The number of allylic oxidation sites excluding steroid dienone is 2. The number of nitrogens with zero attached hydrogens (tertiary/aromatic N) is 2. The number of alkyl halides is 6. The summed E-state index contributed by atoms with van der Waals surface area (Å²) in [6, 6.07) is 21.5. The summed E-state index contributed by atoms with van der Waals surface area (Å²) in [6.07, 6.45) is -9.29. The fourth-order valence-electron chi connectivity index (χ4n) is 9.88. The van der Waals surface area contributed by atoms with E-state index in [4.69, 9.17) is 11.6 Å². The van der Waals surface area contributed by atoms with Gasteiger partial charge in [0.05, 0.1) is 45.7 Å². The molecule has 2 heterocycles. The molecule has 4 aliphatic rings. The van der Waals surface area contributed by atoms with E-state index in [1.807, 2.05) is 0 Å². The third-order valence-corrected chi connectivity index (χ3v) is 12.6. The number of amides is 4. The van der Waals surface area contributed by atoms with Crippen LogP contribution in [0.2, 0.25) is 5.02 Å². The van der Waals surface area contributed by atoms with Gasteiger partial charge < -0.3 is 5.11 Å². The first-order valence-electron chi connectivity index (χ1n) is 18.7. The minimum absolute atomic E-state index is 0.0975. The van der Waals surface area contributed by atoms with Gasteiger partial charge in [-0.15, -0.1) is 0 Å². The summed E-state index contributed by atoms with van der Waals surface area (Å²) < 4.78 is 97.8. The Bertz CT molecular complexity index is 2650. The van der Waals surface area contributed by atoms with Crippen LogP contribution >= 0.6 is 11.6 Å². The lowest BCUT2D eigenvalue weighted by Crippen LogP contribution is -2.53. The summed E-state index contributed by atoms with van der Waals surface area (Å²) in [5.41, 5.74) is -1.90. The highest BCUT2D eigenvalue weighted by molar-refractivity contribution is 6.30. The van der Waals surface area contributed by atoms with Crippen molar-refractivity contribution in [3.05, 3.63) is 148 Å². The fourth-order valence-corrected chi connectivity index (χ4v) is 10.0. The molecule has 9 rings (SSSR count). The number of phenolic OH excluding ortho intramolecular Hbond substituents is 1. The van der Waals surface area contributed by atoms with E-state index in [1.54, 1.807) is 60.7 Å². The van der Waals surface area contributed by atoms with Crippen LogP contribution in [0, 0.1) is 29.5 Å².